The first kappa shape index (κ1) is 16.5. The van der Waals surface area contributed by atoms with Gasteiger partial charge in [-0.3, -0.25) is 9.20 Å². The normalized spacial score (nSPS) is 11.2. The summed E-state index contributed by atoms with van der Waals surface area (Å²) < 4.78 is 7.24. The molecule has 0 spiro atoms. The van der Waals surface area contributed by atoms with E-state index in [-0.39, 0.29) is 5.56 Å². The summed E-state index contributed by atoms with van der Waals surface area (Å²) in [5.74, 6) is 0.962. The van der Waals surface area contributed by atoms with Gasteiger partial charge in [-0.1, -0.05) is 35.5 Å². The minimum Gasteiger partial charge on any atom is -0.411 e. The minimum absolute atomic E-state index is 0.0971. The summed E-state index contributed by atoms with van der Waals surface area (Å²) in [6.07, 6.45) is 1.79. The molecule has 26 heavy (non-hydrogen) atoms. The molecule has 7 heteroatoms. The van der Waals surface area contributed by atoms with Crippen LogP contribution in [0.1, 0.15) is 16.8 Å². The zero-order valence-electron chi connectivity index (χ0n) is 14.3. The minimum atomic E-state index is -0.0971. The van der Waals surface area contributed by atoms with Crippen LogP contribution in [-0.4, -0.2) is 19.6 Å². The van der Waals surface area contributed by atoms with Crippen LogP contribution in [-0.2, 0) is 5.75 Å². The maximum absolute atomic E-state index is 12.2. The van der Waals surface area contributed by atoms with Gasteiger partial charge in [0.25, 0.3) is 10.8 Å². The highest BCUT2D eigenvalue weighted by Crippen LogP contribution is 2.25. The third-order valence-corrected chi connectivity index (χ3v) is 4.76. The van der Waals surface area contributed by atoms with Crippen LogP contribution in [0, 0.1) is 13.8 Å². The van der Waals surface area contributed by atoms with Gasteiger partial charge in [-0.25, -0.2) is 4.98 Å². The number of pyridine rings is 1. The number of thioether (sulfide) groups is 1. The van der Waals surface area contributed by atoms with Crippen LogP contribution in [0.5, 0.6) is 0 Å². The van der Waals surface area contributed by atoms with Crippen LogP contribution in [0.4, 0.5) is 0 Å². The molecule has 0 atom stereocenters. The van der Waals surface area contributed by atoms with Gasteiger partial charge in [-0.05, 0) is 37.6 Å². The van der Waals surface area contributed by atoms with Gasteiger partial charge < -0.3 is 4.42 Å². The zero-order chi connectivity index (χ0) is 18.1. The van der Waals surface area contributed by atoms with Crippen molar-refractivity contribution in [3.8, 4) is 11.5 Å². The Kier molecular flexibility index (Phi) is 4.30. The lowest BCUT2D eigenvalue weighted by Crippen LogP contribution is -2.15. The van der Waals surface area contributed by atoms with Crippen molar-refractivity contribution in [1.82, 2.24) is 19.6 Å². The molecule has 3 aromatic heterocycles. The molecule has 0 bridgehead atoms. The first-order valence-corrected chi connectivity index (χ1v) is 9.09. The van der Waals surface area contributed by atoms with Crippen molar-refractivity contribution in [2.24, 2.45) is 0 Å². The second kappa shape index (κ2) is 6.76. The van der Waals surface area contributed by atoms with Crippen LogP contribution in [0.2, 0.25) is 0 Å². The molecule has 3 heterocycles. The molecule has 6 nitrogen and oxygen atoms in total. The summed E-state index contributed by atoms with van der Waals surface area (Å²) in [7, 11) is 0. The standard InChI is InChI=1S/C19H16N4O2S/c1-12-3-6-14(7-4-12)18-21-22-19(25-18)26-11-15-9-17(24)23-10-13(2)5-8-16(23)20-15/h3-10H,11H2,1-2H3. The summed E-state index contributed by atoms with van der Waals surface area (Å²) in [5, 5.41) is 8.59. The molecule has 0 radical (unpaired) electrons. The summed E-state index contributed by atoms with van der Waals surface area (Å²) >= 11 is 1.36. The van der Waals surface area contributed by atoms with Gasteiger partial charge in [0.05, 0.1) is 5.69 Å². The van der Waals surface area contributed by atoms with E-state index in [0.29, 0.717) is 28.2 Å². The zero-order valence-corrected chi connectivity index (χ0v) is 15.2. The van der Waals surface area contributed by atoms with E-state index in [4.69, 9.17) is 4.42 Å². The van der Waals surface area contributed by atoms with Crippen molar-refractivity contribution in [3.63, 3.8) is 0 Å². The molecule has 0 unspecified atom stereocenters. The van der Waals surface area contributed by atoms with Crippen molar-refractivity contribution < 1.29 is 4.42 Å². The number of aryl methyl sites for hydroxylation is 2. The van der Waals surface area contributed by atoms with Crippen molar-refractivity contribution in [2.75, 3.05) is 0 Å². The molecule has 130 valence electrons. The molecule has 1 aromatic carbocycles. The van der Waals surface area contributed by atoms with E-state index in [0.717, 1.165) is 11.1 Å². The highest BCUT2D eigenvalue weighted by atomic mass is 32.2. The van der Waals surface area contributed by atoms with Gasteiger partial charge in [-0.2, -0.15) is 0 Å². The summed E-state index contributed by atoms with van der Waals surface area (Å²) in [6.45, 7) is 3.97. The van der Waals surface area contributed by atoms with Crippen LogP contribution in [0.3, 0.4) is 0 Å². The molecule has 0 N–H and O–H groups in total. The predicted octanol–water partition coefficient (Wildman–Crippen LogP) is 3.65. The van der Waals surface area contributed by atoms with Gasteiger partial charge in [0.2, 0.25) is 5.89 Å². The Labute approximate surface area is 153 Å². The molecule has 0 saturated heterocycles. The van der Waals surface area contributed by atoms with Crippen molar-refractivity contribution >= 4 is 17.4 Å². The highest BCUT2D eigenvalue weighted by Gasteiger charge is 2.10. The van der Waals surface area contributed by atoms with Crippen LogP contribution >= 0.6 is 11.8 Å². The Morgan fingerprint density at radius 2 is 1.81 bits per heavy atom. The molecule has 0 fully saturated rings. The van der Waals surface area contributed by atoms with Gasteiger partial charge in [0.15, 0.2) is 0 Å². The third-order valence-electron chi connectivity index (χ3n) is 3.91. The fourth-order valence-electron chi connectivity index (χ4n) is 2.55. The smallest absolute Gasteiger partial charge is 0.277 e. The largest absolute Gasteiger partial charge is 0.411 e. The Balaban J connectivity index is 1.52. The molecule has 0 amide bonds. The van der Waals surface area contributed by atoms with Gasteiger partial charge in [-0.15, -0.1) is 10.2 Å². The van der Waals surface area contributed by atoms with Crippen molar-refractivity contribution in [3.05, 3.63) is 75.8 Å². The lowest BCUT2D eigenvalue weighted by Gasteiger charge is -2.03. The van der Waals surface area contributed by atoms with Gasteiger partial charge in [0.1, 0.15) is 5.65 Å². The average Bonchev–Trinajstić information content (AvgIpc) is 3.10. The fourth-order valence-corrected chi connectivity index (χ4v) is 3.20. The maximum Gasteiger partial charge on any atom is 0.277 e. The van der Waals surface area contributed by atoms with E-state index < -0.39 is 0 Å². The lowest BCUT2D eigenvalue weighted by atomic mass is 10.1. The molecular formula is C19H16N4O2S. The second-order valence-electron chi connectivity index (χ2n) is 6.05. The number of nitrogens with zero attached hydrogens (tertiary/aromatic N) is 4. The number of aromatic nitrogens is 4. The molecule has 0 aliphatic heterocycles. The lowest BCUT2D eigenvalue weighted by molar-refractivity contribution is 0.466. The first-order chi connectivity index (χ1) is 12.6. The van der Waals surface area contributed by atoms with Crippen molar-refractivity contribution in [2.45, 2.75) is 24.8 Å². The van der Waals surface area contributed by atoms with Crippen LogP contribution in [0.15, 0.2) is 63.1 Å². The average molecular weight is 364 g/mol. The van der Waals surface area contributed by atoms with E-state index in [1.54, 1.807) is 10.6 Å². The van der Waals surface area contributed by atoms with E-state index in [1.807, 2.05) is 50.2 Å². The van der Waals surface area contributed by atoms with E-state index in [2.05, 4.69) is 15.2 Å². The Morgan fingerprint density at radius 1 is 1.04 bits per heavy atom. The molecular weight excluding hydrogens is 348 g/mol. The summed E-state index contributed by atoms with van der Waals surface area (Å²) in [6, 6.07) is 13.2. The first-order valence-electron chi connectivity index (χ1n) is 8.11. The maximum atomic E-state index is 12.2. The summed E-state index contributed by atoms with van der Waals surface area (Å²) in [4.78, 5) is 16.8. The van der Waals surface area contributed by atoms with E-state index in [9.17, 15) is 4.79 Å². The van der Waals surface area contributed by atoms with E-state index in [1.165, 1.54) is 23.4 Å². The molecule has 4 rings (SSSR count). The topological polar surface area (TPSA) is 73.3 Å². The Bertz CT molecular complexity index is 1130. The highest BCUT2D eigenvalue weighted by molar-refractivity contribution is 7.98. The monoisotopic (exact) mass is 364 g/mol. The molecule has 0 aliphatic carbocycles. The quantitative estimate of drug-likeness (QED) is 0.515. The number of rotatable bonds is 4. The van der Waals surface area contributed by atoms with Crippen LogP contribution < -0.4 is 5.56 Å². The van der Waals surface area contributed by atoms with Crippen LogP contribution in [0.25, 0.3) is 17.1 Å². The Hall–Kier alpha value is -2.93. The molecule has 4 aromatic rings. The SMILES string of the molecule is Cc1ccc(-c2nnc(SCc3cc(=O)n4cc(C)ccc4n3)o2)cc1. The number of hydrogen-bond acceptors (Lipinski definition) is 6. The van der Waals surface area contributed by atoms with Gasteiger partial charge in [0, 0.05) is 23.6 Å². The van der Waals surface area contributed by atoms with E-state index >= 15 is 0 Å². The molecule has 0 saturated carbocycles. The third kappa shape index (κ3) is 3.39. The molecule has 0 aliphatic rings. The predicted molar refractivity (Wildman–Crippen MR) is 100 cm³/mol. The van der Waals surface area contributed by atoms with Crippen molar-refractivity contribution in [1.29, 1.82) is 0 Å². The fraction of sp³-hybridized carbons (Fsp3) is 0.158. The second-order valence-corrected chi connectivity index (χ2v) is 6.97. The summed E-state index contributed by atoms with van der Waals surface area (Å²) in [5.41, 5.74) is 4.28. The number of hydrogen-bond donors (Lipinski definition) is 0. The number of fused-ring (bicyclic) bond motifs is 1. The Morgan fingerprint density at radius 3 is 2.62 bits per heavy atom. The van der Waals surface area contributed by atoms with Gasteiger partial charge >= 0.3 is 0 Å². The number of benzene rings is 1.